The smallest absolute Gasteiger partial charge is 0.165 e. The number of hydrogen-bond donors (Lipinski definition) is 0. The molecular weight excluding hydrogens is 303 g/mol. The highest BCUT2D eigenvalue weighted by atomic mass is 35.5. The van der Waals surface area contributed by atoms with E-state index in [1.54, 1.807) is 30.6 Å². The quantitative estimate of drug-likeness (QED) is 0.559. The maximum Gasteiger partial charge on any atom is 0.165 e. The van der Waals surface area contributed by atoms with Crippen LogP contribution in [0.2, 0.25) is 5.02 Å². The maximum absolute atomic E-state index is 13.6. The largest absolute Gasteiger partial charge is 0.454 e. The number of nitrogens with zero attached hydrogens (tertiary/aromatic N) is 2. The van der Waals surface area contributed by atoms with E-state index < -0.39 is 5.82 Å². The van der Waals surface area contributed by atoms with Gasteiger partial charge < -0.3 is 9.64 Å². The number of aliphatic imine (C=N–C) groups is 1. The molecule has 5 heteroatoms. The molecule has 0 saturated heterocycles. The number of ether oxygens (including phenoxy) is 1. The minimum Gasteiger partial charge on any atom is -0.454 e. The summed E-state index contributed by atoms with van der Waals surface area (Å²) in [5.41, 5.74) is 1.49. The molecule has 2 aromatic rings. The minimum absolute atomic E-state index is 0.170. The Labute approximate surface area is 135 Å². The molecule has 0 amide bonds. The molecule has 0 fully saturated rings. The van der Waals surface area contributed by atoms with Crippen LogP contribution in [0.4, 0.5) is 10.1 Å². The Bertz CT molecular complexity index is 688. The first-order valence-electron chi connectivity index (χ1n) is 6.98. The van der Waals surface area contributed by atoms with Crippen LogP contribution in [0, 0.1) is 12.7 Å². The minimum atomic E-state index is -0.412. The van der Waals surface area contributed by atoms with Gasteiger partial charge in [0.05, 0.1) is 17.0 Å². The summed E-state index contributed by atoms with van der Waals surface area (Å²) >= 11 is 6.23. The molecule has 2 aromatic carbocycles. The summed E-state index contributed by atoms with van der Waals surface area (Å²) in [5, 5.41) is 0.456. The van der Waals surface area contributed by atoms with Crippen molar-refractivity contribution in [2.45, 2.75) is 13.8 Å². The molecule has 0 atom stereocenters. The van der Waals surface area contributed by atoms with E-state index in [0.29, 0.717) is 16.5 Å². The van der Waals surface area contributed by atoms with Gasteiger partial charge in [0, 0.05) is 19.7 Å². The highest BCUT2D eigenvalue weighted by molar-refractivity contribution is 6.33. The van der Waals surface area contributed by atoms with E-state index in [0.717, 1.165) is 12.1 Å². The van der Waals surface area contributed by atoms with Gasteiger partial charge in [-0.15, -0.1) is 0 Å². The average molecular weight is 321 g/mol. The van der Waals surface area contributed by atoms with Crippen molar-refractivity contribution >= 4 is 23.6 Å². The highest BCUT2D eigenvalue weighted by Gasteiger charge is 2.09. The first-order valence-corrected chi connectivity index (χ1v) is 7.36. The number of aryl methyl sites for hydroxylation is 1. The standard InChI is InChI=1S/C17H18ClFN2O/c1-4-21(3)11-20-15-9-12(2)17(10-13(15)18)22-16-8-6-5-7-14(16)19/h5-11H,4H2,1-3H3. The lowest BCUT2D eigenvalue weighted by molar-refractivity contribution is 0.439. The Hall–Kier alpha value is -2.07. The predicted octanol–water partition coefficient (Wildman–Crippen LogP) is 5.19. The third-order valence-corrected chi connectivity index (χ3v) is 3.50. The lowest BCUT2D eigenvalue weighted by atomic mass is 10.2. The highest BCUT2D eigenvalue weighted by Crippen LogP contribution is 2.35. The van der Waals surface area contributed by atoms with Gasteiger partial charge in [-0.1, -0.05) is 23.7 Å². The van der Waals surface area contributed by atoms with Gasteiger partial charge in [-0.3, -0.25) is 0 Å². The van der Waals surface area contributed by atoms with E-state index in [9.17, 15) is 4.39 Å². The normalized spacial score (nSPS) is 11.0. The molecule has 2 rings (SSSR count). The molecule has 0 unspecified atom stereocenters. The van der Waals surface area contributed by atoms with Gasteiger partial charge in [-0.2, -0.15) is 0 Å². The van der Waals surface area contributed by atoms with Crippen LogP contribution in [0.1, 0.15) is 12.5 Å². The summed E-state index contributed by atoms with van der Waals surface area (Å²) < 4.78 is 19.2. The summed E-state index contributed by atoms with van der Waals surface area (Å²) in [7, 11) is 1.93. The first-order chi connectivity index (χ1) is 10.5. The molecule has 0 spiro atoms. The van der Waals surface area contributed by atoms with Crippen molar-refractivity contribution in [1.82, 2.24) is 4.90 Å². The van der Waals surface area contributed by atoms with Crippen molar-refractivity contribution in [3.63, 3.8) is 0 Å². The van der Waals surface area contributed by atoms with Crippen LogP contribution in [0.25, 0.3) is 0 Å². The Morgan fingerprint density at radius 3 is 2.68 bits per heavy atom. The Morgan fingerprint density at radius 2 is 2.00 bits per heavy atom. The van der Waals surface area contributed by atoms with Gasteiger partial charge in [-0.05, 0) is 37.6 Å². The number of hydrogen-bond acceptors (Lipinski definition) is 2. The summed E-state index contributed by atoms with van der Waals surface area (Å²) in [6, 6.07) is 9.73. The number of halogens is 2. The Morgan fingerprint density at radius 1 is 1.27 bits per heavy atom. The zero-order valence-corrected chi connectivity index (χ0v) is 13.6. The molecule has 0 aliphatic carbocycles. The van der Waals surface area contributed by atoms with Crippen molar-refractivity contribution in [3.05, 3.63) is 52.8 Å². The molecular formula is C17H18ClFN2O. The SMILES string of the molecule is CCN(C)C=Nc1cc(C)c(Oc2ccccc2F)cc1Cl. The maximum atomic E-state index is 13.6. The van der Waals surface area contributed by atoms with Gasteiger partial charge in [0.2, 0.25) is 0 Å². The van der Waals surface area contributed by atoms with Crippen LogP contribution in [-0.4, -0.2) is 24.8 Å². The second-order valence-electron chi connectivity index (χ2n) is 4.92. The molecule has 116 valence electrons. The van der Waals surface area contributed by atoms with Crippen molar-refractivity contribution in [2.24, 2.45) is 4.99 Å². The molecule has 0 N–H and O–H groups in total. The molecule has 3 nitrogen and oxygen atoms in total. The topological polar surface area (TPSA) is 24.8 Å². The van der Waals surface area contributed by atoms with Crippen molar-refractivity contribution in [3.8, 4) is 11.5 Å². The fourth-order valence-corrected chi connectivity index (χ4v) is 1.95. The third kappa shape index (κ3) is 3.98. The van der Waals surface area contributed by atoms with Gasteiger partial charge in [-0.25, -0.2) is 9.38 Å². The summed E-state index contributed by atoms with van der Waals surface area (Å²) in [6.07, 6.45) is 1.72. The summed E-state index contributed by atoms with van der Waals surface area (Å²) in [6.45, 7) is 4.76. The second kappa shape index (κ2) is 7.27. The van der Waals surface area contributed by atoms with Gasteiger partial charge in [0.25, 0.3) is 0 Å². The lowest BCUT2D eigenvalue weighted by Gasteiger charge is -2.12. The molecule has 0 radical (unpaired) electrons. The van der Waals surface area contributed by atoms with Crippen LogP contribution in [0.15, 0.2) is 41.4 Å². The van der Waals surface area contributed by atoms with Gasteiger partial charge in [0.15, 0.2) is 11.6 Å². The molecule has 0 aliphatic rings. The van der Waals surface area contributed by atoms with Crippen molar-refractivity contribution < 1.29 is 9.13 Å². The van der Waals surface area contributed by atoms with Crippen molar-refractivity contribution in [1.29, 1.82) is 0 Å². The Kier molecular flexibility index (Phi) is 5.39. The molecule has 0 aromatic heterocycles. The lowest BCUT2D eigenvalue weighted by Crippen LogP contribution is -2.14. The summed E-state index contributed by atoms with van der Waals surface area (Å²) in [5.74, 6) is 0.270. The van der Waals surface area contributed by atoms with E-state index in [-0.39, 0.29) is 5.75 Å². The van der Waals surface area contributed by atoms with Crippen LogP contribution < -0.4 is 4.74 Å². The third-order valence-electron chi connectivity index (χ3n) is 3.19. The van der Waals surface area contributed by atoms with Crippen LogP contribution >= 0.6 is 11.6 Å². The van der Waals surface area contributed by atoms with Crippen LogP contribution in [0.5, 0.6) is 11.5 Å². The monoisotopic (exact) mass is 320 g/mol. The summed E-state index contributed by atoms with van der Waals surface area (Å²) in [4.78, 5) is 6.28. The predicted molar refractivity (Wildman–Crippen MR) is 89.1 cm³/mol. The average Bonchev–Trinajstić information content (AvgIpc) is 2.51. The number of rotatable bonds is 5. The molecule has 0 aliphatic heterocycles. The molecule has 0 bridgehead atoms. The van der Waals surface area contributed by atoms with E-state index >= 15 is 0 Å². The molecule has 0 heterocycles. The zero-order valence-electron chi connectivity index (χ0n) is 12.8. The number of benzene rings is 2. The first kappa shape index (κ1) is 16.3. The van der Waals surface area contributed by atoms with Crippen molar-refractivity contribution in [2.75, 3.05) is 13.6 Å². The van der Waals surface area contributed by atoms with Gasteiger partial charge >= 0.3 is 0 Å². The molecule has 0 saturated carbocycles. The number of para-hydroxylation sites is 1. The molecule has 22 heavy (non-hydrogen) atoms. The second-order valence-corrected chi connectivity index (χ2v) is 5.33. The fourth-order valence-electron chi connectivity index (χ4n) is 1.75. The van der Waals surface area contributed by atoms with E-state index in [1.807, 2.05) is 31.9 Å². The van der Waals surface area contributed by atoms with E-state index in [1.165, 1.54) is 6.07 Å². The van der Waals surface area contributed by atoms with Crippen LogP contribution in [-0.2, 0) is 0 Å². The Balaban J connectivity index is 2.27. The fraction of sp³-hybridized carbons (Fsp3) is 0.235. The van der Waals surface area contributed by atoms with Gasteiger partial charge in [0.1, 0.15) is 5.75 Å². The van der Waals surface area contributed by atoms with E-state index in [2.05, 4.69) is 4.99 Å². The zero-order chi connectivity index (χ0) is 16.1. The van der Waals surface area contributed by atoms with Crippen LogP contribution in [0.3, 0.4) is 0 Å². The van der Waals surface area contributed by atoms with E-state index in [4.69, 9.17) is 16.3 Å².